The number of hydrogen-bond acceptors (Lipinski definition) is 8. The molecule has 25 heavy (non-hydrogen) atoms. The average molecular weight is 384 g/mol. The van der Waals surface area contributed by atoms with E-state index in [2.05, 4.69) is 25.1 Å². The molecule has 130 valence electrons. The molecule has 6 nitrogen and oxygen atoms in total. The van der Waals surface area contributed by atoms with E-state index in [4.69, 9.17) is 0 Å². The van der Waals surface area contributed by atoms with Crippen molar-refractivity contribution >= 4 is 28.2 Å². The third kappa shape index (κ3) is 4.23. The molecule has 0 radical (unpaired) electrons. The van der Waals surface area contributed by atoms with Crippen molar-refractivity contribution in [2.45, 2.75) is 15.5 Å². The Balaban J connectivity index is 2.00. The highest BCUT2D eigenvalue weighted by molar-refractivity contribution is 8.01. The van der Waals surface area contributed by atoms with Gasteiger partial charge in [0, 0.05) is 26.4 Å². The molecule has 3 heterocycles. The molecule has 0 spiro atoms. The molecule has 0 aliphatic heterocycles. The number of anilines is 1. The van der Waals surface area contributed by atoms with E-state index in [1.54, 1.807) is 37.2 Å². The van der Waals surface area contributed by atoms with Crippen LogP contribution in [0.1, 0.15) is 5.69 Å². The molecule has 3 aromatic rings. The van der Waals surface area contributed by atoms with Crippen LogP contribution in [0.5, 0.6) is 0 Å². The van der Waals surface area contributed by atoms with Crippen LogP contribution in [0.25, 0.3) is 11.5 Å². The highest BCUT2D eigenvalue weighted by atomic mass is 32.2. The molecule has 0 N–H and O–H groups in total. The van der Waals surface area contributed by atoms with Crippen molar-refractivity contribution in [3.8, 4) is 11.5 Å². The maximum atomic E-state index is 13.2. The molecule has 0 atom stereocenters. The van der Waals surface area contributed by atoms with E-state index >= 15 is 0 Å². The molecule has 3 aromatic heterocycles. The van der Waals surface area contributed by atoms with E-state index in [-0.39, 0.29) is 16.5 Å². The summed E-state index contributed by atoms with van der Waals surface area (Å²) < 4.78 is 40.0. The average Bonchev–Trinajstić information content (AvgIpc) is 3.03. The number of aromatic nitrogens is 5. The Kier molecular flexibility index (Phi) is 4.86. The largest absolute Gasteiger partial charge is 0.433 e. The van der Waals surface area contributed by atoms with Crippen LogP contribution in [-0.2, 0) is 6.18 Å². The van der Waals surface area contributed by atoms with Gasteiger partial charge < -0.3 is 4.90 Å². The minimum absolute atomic E-state index is 0.0877. The zero-order valence-corrected chi connectivity index (χ0v) is 14.7. The van der Waals surface area contributed by atoms with Crippen LogP contribution in [-0.4, -0.2) is 39.2 Å². The number of hydrogen-bond donors (Lipinski definition) is 0. The molecule has 0 amide bonds. The Morgan fingerprint density at radius 1 is 1.12 bits per heavy atom. The summed E-state index contributed by atoms with van der Waals surface area (Å²) in [7, 11) is 3.61. The van der Waals surface area contributed by atoms with Crippen LogP contribution in [0.4, 0.5) is 18.3 Å². The molecule has 0 bridgehead atoms. The number of rotatable bonds is 4. The van der Waals surface area contributed by atoms with Crippen molar-refractivity contribution < 1.29 is 13.2 Å². The Hall–Kier alpha value is -2.27. The smallest absolute Gasteiger partial charge is 0.353 e. The first kappa shape index (κ1) is 17.5. The first-order valence-electron chi connectivity index (χ1n) is 6.89. The summed E-state index contributed by atoms with van der Waals surface area (Å²) in [5, 5.41) is 8.70. The van der Waals surface area contributed by atoms with Gasteiger partial charge >= 0.3 is 6.18 Å². The standard InChI is InChI=1S/C14H11F3N6S2/c1-23(2)12-21-22-13(25-12)24-10-7-9(14(15,16)17)19-11(20-10)8-5-3-4-6-18-8/h3-7H,1-2H3. The monoisotopic (exact) mass is 384 g/mol. The van der Waals surface area contributed by atoms with Crippen LogP contribution in [0, 0.1) is 0 Å². The molecule has 0 saturated carbocycles. The fourth-order valence-corrected chi connectivity index (χ4v) is 3.46. The lowest BCUT2D eigenvalue weighted by atomic mass is 10.3. The van der Waals surface area contributed by atoms with Gasteiger partial charge in [-0.25, -0.2) is 9.97 Å². The minimum atomic E-state index is -4.59. The SMILES string of the molecule is CN(C)c1nnc(Sc2cc(C(F)(F)F)nc(-c3ccccn3)n2)s1. The van der Waals surface area contributed by atoms with Crippen molar-refractivity contribution in [2.24, 2.45) is 0 Å². The first-order chi connectivity index (χ1) is 11.8. The van der Waals surface area contributed by atoms with Gasteiger partial charge in [0.05, 0.1) is 0 Å². The Bertz CT molecular complexity index is 867. The maximum absolute atomic E-state index is 13.2. The second kappa shape index (κ2) is 6.92. The van der Waals surface area contributed by atoms with Crippen LogP contribution in [0.3, 0.4) is 0 Å². The van der Waals surface area contributed by atoms with Gasteiger partial charge in [-0.1, -0.05) is 17.4 Å². The quantitative estimate of drug-likeness (QED) is 0.636. The van der Waals surface area contributed by atoms with E-state index in [0.29, 0.717) is 9.47 Å². The molecule has 0 aliphatic carbocycles. The number of alkyl halides is 3. The van der Waals surface area contributed by atoms with Gasteiger partial charge in [-0.05, 0) is 23.9 Å². The first-order valence-corrected chi connectivity index (χ1v) is 8.52. The van der Waals surface area contributed by atoms with Gasteiger partial charge in [0.25, 0.3) is 0 Å². The summed E-state index contributed by atoms with van der Waals surface area (Å²) in [6, 6.07) is 5.77. The fourth-order valence-electron chi connectivity index (χ4n) is 1.75. The summed E-state index contributed by atoms with van der Waals surface area (Å²) in [6.45, 7) is 0. The maximum Gasteiger partial charge on any atom is 0.433 e. The summed E-state index contributed by atoms with van der Waals surface area (Å²) in [4.78, 5) is 13.6. The van der Waals surface area contributed by atoms with Crippen LogP contribution < -0.4 is 4.90 Å². The zero-order chi connectivity index (χ0) is 18.0. The van der Waals surface area contributed by atoms with Crippen LogP contribution in [0.15, 0.2) is 39.8 Å². The van der Waals surface area contributed by atoms with Crippen molar-refractivity contribution in [3.05, 3.63) is 36.2 Å². The fraction of sp³-hybridized carbons (Fsp3) is 0.214. The molecule has 0 fully saturated rings. The van der Waals surface area contributed by atoms with Crippen LogP contribution in [0.2, 0.25) is 0 Å². The van der Waals surface area contributed by atoms with Gasteiger partial charge in [0.15, 0.2) is 10.2 Å². The highest BCUT2D eigenvalue weighted by Crippen LogP contribution is 2.36. The predicted octanol–water partition coefficient (Wildman–Crippen LogP) is 3.63. The third-order valence-electron chi connectivity index (χ3n) is 2.86. The van der Waals surface area contributed by atoms with E-state index in [1.165, 1.54) is 17.5 Å². The molecule has 0 aliphatic rings. The van der Waals surface area contributed by atoms with Crippen molar-refractivity contribution in [1.82, 2.24) is 25.1 Å². The third-order valence-corrected chi connectivity index (χ3v) is 4.92. The molecule has 11 heteroatoms. The molecule has 3 rings (SSSR count). The lowest BCUT2D eigenvalue weighted by molar-refractivity contribution is -0.141. The summed E-state index contributed by atoms with van der Waals surface area (Å²) >= 11 is 2.26. The van der Waals surface area contributed by atoms with E-state index in [1.807, 2.05) is 0 Å². The second-order valence-electron chi connectivity index (χ2n) is 4.97. The number of pyridine rings is 1. The van der Waals surface area contributed by atoms with Gasteiger partial charge in [0.1, 0.15) is 16.4 Å². The van der Waals surface area contributed by atoms with Crippen molar-refractivity contribution in [3.63, 3.8) is 0 Å². The lowest BCUT2D eigenvalue weighted by Gasteiger charge is -2.09. The summed E-state index contributed by atoms with van der Waals surface area (Å²) in [6.07, 6.45) is -3.11. The Morgan fingerprint density at radius 3 is 2.52 bits per heavy atom. The van der Waals surface area contributed by atoms with Crippen LogP contribution >= 0.6 is 23.1 Å². The second-order valence-corrected chi connectivity index (χ2v) is 7.20. The molecular formula is C14H11F3N6S2. The molecule has 0 aromatic carbocycles. The van der Waals surface area contributed by atoms with Crippen molar-refractivity contribution in [2.75, 3.05) is 19.0 Å². The van der Waals surface area contributed by atoms with Gasteiger partial charge in [-0.2, -0.15) is 13.2 Å². The Labute approximate surface area is 149 Å². The van der Waals surface area contributed by atoms with E-state index < -0.39 is 11.9 Å². The van der Waals surface area contributed by atoms with E-state index in [0.717, 1.165) is 17.8 Å². The van der Waals surface area contributed by atoms with E-state index in [9.17, 15) is 13.2 Å². The predicted molar refractivity (Wildman–Crippen MR) is 88.6 cm³/mol. The molecule has 0 unspecified atom stereocenters. The van der Waals surface area contributed by atoms with Crippen molar-refractivity contribution in [1.29, 1.82) is 0 Å². The van der Waals surface area contributed by atoms with Gasteiger partial charge in [-0.15, -0.1) is 10.2 Å². The molecular weight excluding hydrogens is 373 g/mol. The zero-order valence-electron chi connectivity index (χ0n) is 13.0. The summed E-state index contributed by atoms with van der Waals surface area (Å²) in [5.41, 5.74) is -0.760. The number of nitrogens with zero attached hydrogens (tertiary/aromatic N) is 6. The summed E-state index contributed by atoms with van der Waals surface area (Å²) in [5.74, 6) is -0.0877. The Morgan fingerprint density at radius 2 is 1.92 bits per heavy atom. The normalized spacial score (nSPS) is 11.6. The minimum Gasteiger partial charge on any atom is -0.353 e. The molecule has 0 saturated heterocycles. The lowest BCUT2D eigenvalue weighted by Crippen LogP contribution is -2.10. The topological polar surface area (TPSA) is 67.7 Å². The highest BCUT2D eigenvalue weighted by Gasteiger charge is 2.34. The van der Waals surface area contributed by atoms with Gasteiger partial charge in [0.2, 0.25) is 5.13 Å². The number of halogens is 3. The van der Waals surface area contributed by atoms with Gasteiger partial charge in [-0.3, -0.25) is 4.98 Å².